The summed E-state index contributed by atoms with van der Waals surface area (Å²) in [5, 5.41) is 16.1. The largest absolute Gasteiger partial charge is 0.386 e. The fourth-order valence-corrected chi connectivity index (χ4v) is 4.51. The average Bonchev–Trinajstić information content (AvgIpc) is 3.21. The van der Waals surface area contributed by atoms with E-state index in [9.17, 15) is 9.90 Å². The van der Waals surface area contributed by atoms with Gasteiger partial charge in [0.1, 0.15) is 5.65 Å². The van der Waals surface area contributed by atoms with E-state index < -0.39 is 5.60 Å². The van der Waals surface area contributed by atoms with Gasteiger partial charge in [0.05, 0.1) is 16.1 Å². The van der Waals surface area contributed by atoms with Gasteiger partial charge >= 0.3 is 0 Å². The number of benzene rings is 1. The summed E-state index contributed by atoms with van der Waals surface area (Å²) in [5.74, 6) is -0.200. The van der Waals surface area contributed by atoms with Gasteiger partial charge < -0.3 is 15.4 Å². The number of hydrogen-bond acceptors (Lipinski definition) is 5. The van der Waals surface area contributed by atoms with Crippen molar-refractivity contribution in [3.05, 3.63) is 99.7 Å². The number of hydrogen-bond donors (Lipinski definition) is 3. The van der Waals surface area contributed by atoms with Crippen molar-refractivity contribution in [2.45, 2.75) is 39.3 Å². The van der Waals surface area contributed by atoms with Gasteiger partial charge in [0.15, 0.2) is 0 Å². The molecule has 0 fully saturated rings. The summed E-state index contributed by atoms with van der Waals surface area (Å²) >= 11 is 6.18. The third kappa shape index (κ3) is 4.94. The van der Waals surface area contributed by atoms with Gasteiger partial charge in [-0.05, 0) is 67.8 Å². The molecule has 4 aromatic heterocycles. The Morgan fingerprint density at radius 2 is 1.92 bits per heavy atom. The van der Waals surface area contributed by atoms with Crippen LogP contribution in [-0.2, 0) is 18.6 Å². The van der Waals surface area contributed by atoms with Crippen molar-refractivity contribution in [3.8, 4) is 0 Å². The maximum absolute atomic E-state index is 12.9. The van der Waals surface area contributed by atoms with Gasteiger partial charge in [-0.25, -0.2) is 4.98 Å². The van der Waals surface area contributed by atoms with E-state index in [2.05, 4.69) is 37.4 Å². The number of nitrogens with one attached hydrogen (secondary N) is 2. The second-order valence-corrected chi connectivity index (χ2v) is 9.97. The monoisotopic (exact) mass is 499 g/mol. The van der Waals surface area contributed by atoms with E-state index >= 15 is 0 Å². The number of aromatic amines is 1. The number of carbonyl (C=O) groups is 1. The zero-order chi connectivity index (χ0) is 25.4. The van der Waals surface area contributed by atoms with Crippen molar-refractivity contribution < 1.29 is 9.90 Å². The first kappa shape index (κ1) is 23.9. The van der Waals surface area contributed by atoms with Gasteiger partial charge in [0.25, 0.3) is 5.91 Å². The molecule has 1 aromatic carbocycles. The summed E-state index contributed by atoms with van der Waals surface area (Å²) < 4.78 is 0. The molecule has 8 heteroatoms. The number of rotatable bonds is 6. The van der Waals surface area contributed by atoms with Gasteiger partial charge in [-0.15, -0.1) is 0 Å². The highest BCUT2D eigenvalue weighted by Crippen LogP contribution is 2.30. The molecule has 36 heavy (non-hydrogen) atoms. The molecule has 182 valence electrons. The molecule has 3 N–H and O–H groups in total. The van der Waals surface area contributed by atoms with E-state index in [1.807, 2.05) is 25.3 Å². The van der Waals surface area contributed by atoms with E-state index in [1.54, 1.807) is 44.6 Å². The SMILES string of the molecule is Cc1cnc2c(C(C)(C)O)cc(Cc3cc(C(=O)NCc4cnc5[nH]cc(Cl)c5c4)ccn3)cc2c1. The van der Waals surface area contributed by atoms with Crippen LogP contribution in [0.2, 0.25) is 5.02 Å². The first-order valence-electron chi connectivity index (χ1n) is 11.6. The van der Waals surface area contributed by atoms with Gasteiger partial charge in [0.2, 0.25) is 0 Å². The van der Waals surface area contributed by atoms with Crippen LogP contribution in [0.4, 0.5) is 0 Å². The van der Waals surface area contributed by atoms with Crippen LogP contribution in [0.3, 0.4) is 0 Å². The molecule has 0 saturated carbocycles. The number of fused-ring (bicyclic) bond motifs is 2. The smallest absolute Gasteiger partial charge is 0.251 e. The van der Waals surface area contributed by atoms with Crippen LogP contribution >= 0.6 is 11.6 Å². The van der Waals surface area contributed by atoms with Crippen LogP contribution in [0.5, 0.6) is 0 Å². The summed E-state index contributed by atoms with van der Waals surface area (Å²) in [7, 11) is 0. The van der Waals surface area contributed by atoms with Crippen LogP contribution < -0.4 is 5.32 Å². The van der Waals surface area contributed by atoms with Crippen LogP contribution in [0.15, 0.2) is 61.2 Å². The minimum Gasteiger partial charge on any atom is -0.386 e. The number of amides is 1. The number of aryl methyl sites for hydroxylation is 1. The lowest BCUT2D eigenvalue weighted by Gasteiger charge is -2.21. The molecule has 0 spiro atoms. The summed E-state index contributed by atoms with van der Waals surface area (Å²) in [4.78, 5) is 29.2. The molecule has 5 aromatic rings. The van der Waals surface area contributed by atoms with Gasteiger partial charge in [-0.1, -0.05) is 17.7 Å². The fraction of sp³-hybridized carbons (Fsp3) is 0.214. The third-order valence-corrected chi connectivity index (χ3v) is 6.41. The highest BCUT2D eigenvalue weighted by Gasteiger charge is 2.21. The summed E-state index contributed by atoms with van der Waals surface area (Å²) in [6.07, 6.45) is 7.37. The standard InChI is InChI=1S/C28H26ClN5O2/c1-16-6-20-7-17(10-23(28(2,3)36)25(20)31-12-16)8-21-11-19(4-5-30-21)27(35)34-14-18-9-22-24(29)15-33-26(22)32-13-18/h4-7,9-13,15,36H,8,14H2,1-3H3,(H,32,33)(H,34,35). The molecule has 0 aliphatic heterocycles. The lowest BCUT2D eigenvalue weighted by Crippen LogP contribution is -2.23. The summed E-state index contributed by atoms with van der Waals surface area (Å²) in [5.41, 5.74) is 5.37. The molecule has 0 bridgehead atoms. The zero-order valence-corrected chi connectivity index (χ0v) is 21.0. The van der Waals surface area contributed by atoms with Gasteiger partial charge in [-0.2, -0.15) is 0 Å². The van der Waals surface area contributed by atoms with Crippen molar-refractivity contribution in [1.29, 1.82) is 0 Å². The quantitative estimate of drug-likeness (QED) is 0.297. The predicted octanol–water partition coefficient (Wildman–Crippen LogP) is 5.22. The topological polar surface area (TPSA) is 104 Å². The highest BCUT2D eigenvalue weighted by molar-refractivity contribution is 6.35. The fourth-order valence-electron chi connectivity index (χ4n) is 4.31. The second kappa shape index (κ2) is 9.33. The number of nitrogens with zero attached hydrogens (tertiary/aromatic N) is 3. The summed E-state index contributed by atoms with van der Waals surface area (Å²) in [6, 6.07) is 11.5. The van der Waals surface area contributed by atoms with E-state index in [0.29, 0.717) is 29.2 Å². The van der Waals surface area contributed by atoms with Crippen LogP contribution in [0.25, 0.3) is 21.9 Å². The average molecular weight is 500 g/mol. The van der Waals surface area contributed by atoms with E-state index in [0.717, 1.165) is 44.2 Å². The molecular formula is C28H26ClN5O2. The zero-order valence-electron chi connectivity index (χ0n) is 20.3. The minimum atomic E-state index is -1.05. The Hall–Kier alpha value is -3.81. The number of carbonyl (C=O) groups excluding carboxylic acids is 1. The maximum atomic E-state index is 12.9. The Morgan fingerprint density at radius 3 is 2.72 bits per heavy atom. The first-order valence-corrected chi connectivity index (χ1v) is 12.0. The van der Waals surface area contributed by atoms with E-state index in [4.69, 9.17) is 11.6 Å². The molecule has 0 atom stereocenters. The molecule has 1 amide bonds. The molecule has 5 rings (SSSR count). The molecule has 0 aliphatic rings. The number of aromatic nitrogens is 4. The van der Waals surface area contributed by atoms with Gasteiger partial charge in [0, 0.05) is 65.3 Å². The Balaban J connectivity index is 1.36. The van der Waals surface area contributed by atoms with Crippen LogP contribution in [-0.4, -0.2) is 30.9 Å². The molecule has 0 aliphatic carbocycles. The molecule has 7 nitrogen and oxygen atoms in total. The van der Waals surface area contributed by atoms with Crippen LogP contribution in [0, 0.1) is 6.92 Å². The minimum absolute atomic E-state index is 0.200. The maximum Gasteiger partial charge on any atom is 0.251 e. The molecule has 0 saturated heterocycles. The predicted molar refractivity (Wildman–Crippen MR) is 141 cm³/mol. The lowest BCUT2D eigenvalue weighted by atomic mass is 9.91. The molecule has 4 heterocycles. The third-order valence-electron chi connectivity index (χ3n) is 6.09. The number of halogens is 1. The molecule has 0 unspecified atom stereocenters. The Morgan fingerprint density at radius 1 is 1.08 bits per heavy atom. The Bertz CT molecular complexity index is 1600. The lowest BCUT2D eigenvalue weighted by molar-refractivity contribution is 0.0799. The Kier molecular flexibility index (Phi) is 6.20. The first-order chi connectivity index (χ1) is 17.2. The van der Waals surface area contributed by atoms with Gasteiger partial charge in [-0.3, -0.25) is 14.8 Å². The van der Waals surface area contributed by atoms with Crippen LogP contribution in [0.1, 0.15) is 52.2 Å². The van der Waals surface area contributed by atoms with E-state index in [1.165, 1.54) is 0 Å². The van der Waals surface area contributed by atoms with E-state index in [-0.39, 0.29) is 5.91 Å². The second-order valence-electron chi connectivity index (χ2n) is 9.56. The number of aliphatic hydroxyl groups is 1. The Labute approximate surface area is 213 Å². The number of pyridine rings is 3. The molecule has 0 radical (unpaired) electrons. The van der Waals surface area contributed by atoms with Crippen molar-refractivity contribution in [2.75, 3.05) is 0 Å². The van der Waals surface area contributed by atoms with Crippen molar-refractivity contribution in [1.82, 2.24) is 25.3 Å². The van der Waals surface area contributed by atoms with Crippen molar-refractivity contribution in [2.24, 2.45) is 0 Å². The van der Waals surface area contributed by atoms with Crippen molar-refractivity contribution >= 4 is 39.4 Å². The number of H-pyrrole nitrogens is 1. The van der Waals surface area contributed by atoms with Crippen molar-refractivity contribution in [3.63, 3.8) is 0 Å². The molecular weight excluding hydrogens is 474 g/mol. The normalized spacial score (nSPS) is 11.8. The summed E-state index contributed by atoms with van der Waals surface area (Å²) in [6.45, 7) is 5.83. The highest BCUT2D eigenvalue weighted by atomic mass is 35.5.